The van der Waals surface area contributed by atoms with Crippen molar-refractivity contribution in [3.8, 4) is 0 Å². The average Bonchev–Trinajstić information content (AvgIpc) is 3.51. The van der Waals surface area contributed by atoms with Gasteiger partial charge in [0.05, 0.1) is 0 Å². The van der Waals surface area contributed by atoms with E-state index in [1.165, 1.54) is 0 Å². The van der Waals surface area contributed by atoms with E-state index in [2.05, 4.69) is 5.32 Å². The van der Waals surface area contributed by atoms with Crippen LogP contribution in [-0.4, -0.2) is 41.6 Å². The number of allylic oxidation sites excluding steroid dienone is 1. The van der Waals surface area contributed by atoms with Gasteiger partial charge in [0.2, 0.25) is 5.91 Å². The van der Waals surface area contributed by atoms with Crippen molar-refractivity contribution >= 4 is 17.8 Å². The summed E-state index contributed by atoms with van der Waals surface area (Å²) in [6, 6.07) is -2.60. The molecule has 38 heavy (non-hydrogen) atoms. The number of amides is 2. The zero-order valence-corrected chi connectivity index (χ0v) is 23.6. The number of halogens is 3. The van der Waals surface area contributed by atoms with E-state index in [1.807, 2.05) is 63.9 Å². The molecule has 0 aromatic heterocycles. The molecule has 10 heteroatoms. The first-order valence-electron chi connectivity index (χ1n) is 12.1. The average molecular weight is 578 g/mol. The van der Waals surface area contributed by atoms with Crippen LogP contribution in [0.2, 0.25) is 0 Å². The summed E-state index contributed by atoms with van der Waals surface area (Å²) in [4.78, 5) is 37.1. The van der Waals surface area contributed by atoms with E-state index >= 15 is 0 Å². The van der Waals surface area contributed by atoms with Crippen molar-refractivity contribution in [1.29, 1.82) is 0 Å². The maximum absolute atomic E-state index is 12.9. The molecule has 0 aromatic rings. The Bertz CT molecular complexity index is 763. The molecular weight excluding hydrogens is 541 g/mol. The number of ether oxygens (including phenoxy) is 1. The van der Waals surface area contributed by atoms with Crippen molar-refractivity contribution in [2.45, 2.75) is 78.2 Å². The molecule has 0 spiro atoms. The molecular formula is C28H37F3FeN2O4+2. The third-order valence-electron chi connectivity index (χ3n) is 5.23. The van der Waals surface area contributed by atoms with Crippen LogP contribution < -0.4 is 10.6 Å². The molecule has 0 aliphatic heterocycles. The molecule has 2 N–H and O–H groups in total. The Labute approximate surface area is 237 Å². The first-order chi connectivity index (χ1) is 17.1. The zero-order valence-electron chi connectivity index (χ0n) is 22.5. The fourth-order valence-electron chi connectivity index (χ4n) is 3.22. The van der Waals surface area contributed by atoms with Gasteiger partial charge in [-0.3, -0.25) is 9.59 Å². The molecule has 2 saturated carbocycles. The number of carbonyl (C=O) groups is 3. The Balaban J connectivity index is 0.00000203. The Morgan fingerprint density at radius 1 is 0.947 bits per heavy atom. The summed E-state index contributed by atoms with van der Waals surface area (Å²) in [5, 5.41) is 4.23. The van der Waals surface area contributed by atoms with E-state index in [0.29, 0.717) is 6.42 Å². The second-order valence-corrected chi connectivity index (χ2v) is 9.80. The van der Waals surface area contributed by atoms with Gasteiger partial charge in [-0.25, -0.2) is 4.79 Å². The largest absolute Gasteiger partial charge is 2.00 e. The summed E-state index contributed by atoms with van der Waals surface area (Å²) in [5.41, 5.74) is -0.0731. The van der Waals surface area contributed by atoms with Crippen molar-refractivity contribution < 1.29 is 49.4 Å². The summed E-state index contributed by atoms with van der Waals surface area (Å²) in [5.74, 6) is -3.49. The van der Waals surface area contributed by atoms with Crippen LogP contribution in [0.15, 0.2) is 11.6 Å². The summed E-state index contributed by atoms with van der Waals surface area (Å²) >= 11 is 0. The smallest absolute Gasteiger partial charge is 0.458 e. The van der Waals surface area contributed by atoms with Gasteiger partial charge >= 0.3 is 35.1 Å². The number of esters is 1. The normalized spacial score (nSPS) is 18.8. The third-order valence-corrected chi connectivity index (χ3v) is 5.23. The molecule has 10 radical (unpaired) electrons. The molecule has 0 aromatic carbocycles. The topological polar surface area (TPSA) is 84.5 Å². The van der Waals surface area contributed by atoms with Crippen molar-refractivity contribution in [1.82, 2.24) is 10.6 Å². The van der Waals surface area contributed by atoms with Gasteiger partial charge in [-0.05, 0) is 97.8 Å². The van der Waals surface area contributed by atoms with E-state index in [1.54, 1.807) is 46.9 Å². The predicted molar refractivity (Wildman–Crippen MR) is 136 cm³/mol. The van der Waals surface area contributed by atoms with Crippen molar-refractivity contribution in [3.63, 3.8) is 0 Å². The van der Waals surface area contributed by atoms with Crippen LogP contribution in [-0.2, 0) is 36.2 Å². The number of nitrogens with one attached hydrogen (secondary N) is 2. The number of rotatable bonds is 9. The maximum atomic E-state index is 12.9. The van der Waals surface area contributed by atoms with Crippen LogP contribution in [0.25, 0.3) is 0 Å². The van der Waals surface area contributed by atoms with Gasteiger partial charge in [-0.1, -0.05) is 31.9 Å². The summed E-state index contributed by atoms with van der Waals surface area (Å²) < 4.78 is 43.6. The minimum absolute atomic E-state index is 0. The quantitative estimate of drug-likeness (QED) is 0.308. The van der Waals surface area contributed by atoms with Gasteiger partial charge in [0.1, 0.15) is 17.7 Å². The fraction of sp³-hybridized carbons (Fsp3) is 0.464. The number of hydrogen-bond donors (Lipinski definition) is 2. The predicted octanol–water partition coefficient (Wildman–Crippen LogP) is 4.67. The summed E-state index contributed by atoms with van der Waals surface area (Å²) in [7, 11) is 0. The first kappa shape index (κ1) is 36.5. The van der Waals surface area contributed by atoms with E-state index in [-0.39, 0.29) is 23.5 Å². The number of carbonyl (C=O) groups excluding carboxylic acids is 3. The van der Waals surface area contributed by atoms with Crippen LogP contribution in [0.1, 0.15) is 54.4 Å². The summed E-state index contributed by atoms with van der Waals surface area (Å²) in [6.07, 6.45) is 14.6. The first-order valence-corrected chi connectivity index (χ1v) is 12.1. The minimum atomic E-state index is -5.13. The van der Waals surface area contributed by atoms with E-state index < -0.39 is 47.6 Å². The molecule has 2 amide bonds. The van der Waals surface area contributed by atoms with Crippen molar-refractivity contribution in [2.75, 3.05) is 0 Å². The van der Waals surface area contributed by atoms with Gasteiger partial charge < -0.3 is 15.4 Å². The van der Waals surface area contributed by atoms with Crippen LogP contribution in [0.4, 0.5) is 13.2 Å². The van der Waals surface area contributed by atoms with E-state index in [9.17, 15) is 27.6 Å². The second-order valence-electron chi connectivity index (χ2n) is 9.80. The molecule has 210 valence electrons. The molecule has 2 rings (SSSR count). The van der Waals surface area contributed by atoms with Gasteiger partial charge in [-0.15, -0.1) is 0 Å². The Morgan fingerprint density at radius 2 is 1.45 bits per heavy atom. The molecule has 3 atom stereocenters. The Hall–Kier alpha value is -1.54. The fourth-order valence-corrected chi connectivity index (χ4v) is 3.22. The molecule has 2 fully saturated rings. The standard InChI is InChI=1S/C23H32F3N2O4.C5H5.Fe/c1-7-15(3)18(28-21(31)23(24,25)26)19(29)27-17(20(30)32-22(4,5)6)13-14(2)12-16-10-8-9-11-16;1-2-4-5-3-1;/h8-12,15,17-18H,7,13H2,1-6H3,(H,27,29)(H,28,31);1-5H;/q;;+2/b14-12+;;/t15-,17+,18-;;/m0../s1. The Kier molecular flexibility index (Phi) is 16.5. The van der Waals surface area contributed by atoms with Gasteiger partial charge in [0.25, 0.3) is 0 Å². The third kappa shape index (κ3) is 14.6. The van der Waals surface area contributed by atoms with Gasteiger partial charge in [0.15, 0.2) is 0 Å². The molecule has 0 bridgehead atoms. The Morgan fingerprint density at radius 3 is 1.87 bits per heavy atom. The minimum Gasteiger partial charge on any atom is -0.458 e. The SMILES string of the molecule is CC[C@H](C)[C@H](NC(=O)C(F)(F)F)C(=O)N[C@H](C/C(C)=C/[C]1[CH][CH][CH][CH]1)C(=O)OC(C)(C)C.[CH]1[CH][CH][CH][CH]1.[Fe+2]. The zero-order chi connectivity index (χ0) is 28.2. The molecule has 2 aliphatic rings. The molecule has 0 unspecified atom stereocenters. The van der Waals surface area contributed by atoms with Gasteiger partial charge in [-0.2, -0.15) is 13.2 Å². The number of alkyl halides is 3. The van der Waals surface area contributed by atoms with Crippen molar-refractivity contribution in [2.24, 2.45) is 5.92 Å². The summed E-state index contributed by atoms with van der Waals surface area (Å²) in [6.45, 7) is 10.0. The van der Waals surface area contributed by atoms with Gasteiger partial charge in [0, 0.05) is 5.92 Å². The second kappa shape index (κ2) is 17.2. The van der Waals surface area contributed by atoms with Crippen LogP contribution >= 0.6 is 0 Å². The van der Waals surface area contributed by atoms with E-state index in [0.717, 1.165) is 11.5 Å². The van der Waals surface area contributed by atoms with Crippen LogP contribution in [0.5, 0.6) is 0 Å². The maximum Gasteiger partial charge on any atom is 2.00 e. The molecule has 6 nitrogen and oxygen atoms in total. The number of hydrogen-bond acceptors (Lipinski definition) is 4. The van der Waals surface area contributed by atoms with Crippen LogP contribution in [0, 0.1) is 69.6 Å². The van der Waals surface area contributed by atoms with Crippen molar-refractivity contribution in [3.05, 3.63) is 75.4 Å². The molecule has 0 saturated heterocycles. The van der Waals surface area contributed by atoms with E-state index in [4.69, 9.17) is 4.74 Å². The molecule has 0 heterocycles. The van der Waals surface area contributed by atoms with Crippen LogP contribution in [0.3, 0.4) is 0 Å². The monoisotopic (exact) mass is 578 g/mol. The molecule has 2 aliphatic carbocycles.